The molecule has 6 heteroatoms. The zero-order valence-electron chi connectivity index (χ0n) is 12.6. The quantitative estimate of drug-likeness (QED) is 0.831. The van der Waals surface area contributed by atoms with Gasteiger partial charge in [0.05, 0.1) is 6.61 Å². The van der Waals surface area contributed by atoms with Gasteiger partial charge in [0.25, 0.3) is 0 Å². The summed E-state index contributed by atoms with van der Waals surface area (Å²) < 4.78 is 7.00. The van der Waals surface area contributed by atoms with E-state index in [4.69, 9.17) is 4.74 Å². The van der Waals surface area contributed by atoms with Crippen molar-refractivity contribution in [2.24, 2.45) is 5.92 Å². The topological polar surface area (TPSA) is 60.2 Å². The fourth-order valence-corrected chi connectivity index (χ4v) is 3.08. The van der Waals surface area contributed by atoms with Crippen molar-refractivity contribution in [1.82, 2.24) is 19.7 Å². The molecule has 0 spiro atoms. The average molecular weight is 300 g/mol. The molecule has 6 nitrogen and oxygen atoms in total. The van der Waals surface area contributed by atoms with E-state index < -0.39 is 0 Å². The van der Waals surface area contributed by atoms with Crippen molar-refractivity contribution in [1.29, 1.82) is 0 Å². The van der Waals surface area contributed by atoms with E-state index in [2.05, 4.69) is 10.1 Å². The van der Waals surface area contributed by atoms with Crippen LogP contribution in [0.15, 0.2) is 43.0 Å². The summed E-state index contributed by atoms with van der Waals surface area (Å²) in [5, 5.41) is 4.10. The summed E-state index contributed by atoms with van der Waals surface area (Å²) in [5.41, 5.74) is 1.21. The number of hydrogen-bond donors (Lipinski definition) is 0. The predicted molar refractivity (Wildman–Crippen MR) is 81.2 cm³/mol. The molecule has 0 N–H and O–H groups in total. The number of hydrogen-bond acceptors (Lipinski definition) is 4. The highest BCUT2D eigenvalue weighted by Gasteiger charge is 2.36. The summed E-state index contributed by atoms with van der Waals surface area (Å²) in [6.07, 6.45) is 7.09. The molecule has 2 aromatic heterocycles. The van der Waals surface area contributed by atoms with Gasteiger partial charge in [-0.15, -0.1) is 0 Å². The van der Waals surface area contributed by atoms with Crippen molar-refractivity contribution in [2.75, 3.05) is 26.8 Å². The molecule has 1 saturated heterocycles. The molecule has 1 aliphatic heterocycles. The highest BCUT2D eigenvalue weighted by atomic mass is 16.5. The van der Waals surface area contributed by atoms with E-state index >= 15 is 0 Å². The number of rotatable bonds is 5. The second-order valence-corrected chi connectivity index (χ2v) is 5.60. The molecule has 3 rings (SSSR count). The van der Waals surface area contributed by atoms with E-state index in [-0.39, 0.29) is 12.5 Å². The molecule has 3 heterocycles. The molecule has 116 valence electrons. The number of methoxy groups -OCH3 is 1. The van der Waals surface area contributed by atoms with Crippen LogP contribution in [0.2, 0.25) is 0 Å². The van der Waals surface area contributed by atoms with Crippen LogP contribution >= 0.6 is 0 Å². The Balaban J connectivity index is 1.71. The zero-order valence-corrected chi connectivity index (χ0v) is 12.6. The van der Waals surface area contributed by atoms with Gasteiger partial charge in [0.1, 0.15) is 6.54 Å². The molecule has 0 saturated carbocycles. The number of amides is 1. The standard InChI is InChI=1S/C16H20N4O2/c1-22-12-14-9-19(16(21)11-20-8-2-5-18-20)10-15(14)13-3-6-17-7-4-13/h2-8,14-15H,9-12H2,1H3/t14-,15-/m0/s1. The number of ether oxygens (including phenoxy) is 1. The van der Waals surface area contributed by atoms with Gasteiger partial charge in [-0.25, -0.2) is 0 Å². The molecule has 0 radical (unpaired) electrons. The Morgan fingerprint density at radius 2 is 2.14 bits per heavy atom. The highest BCUT2D eigenvalue weighted by Crippen LogP contribution is 2.32. The molecule has 1 fully saturated rings. The second-order valence-electron chi connectivity index (χ2n) is 5.60. The summed E-state index contributed by atoms with van der Waals surface area (Å²) in [4.78, 5) is 18.4. The van der Waals surface area contributed by atoms with Gasteiger partial charge in [-0.1, -0.05) is 0 Å². The monoisotopic (exact) mass is 300 g/mol. The lowest BCUT2D eigenvalue weighted by Gasteiger charge is -2.17. The normalized spacial score (nSPS) is 21.2. The minimum Gasteiger partial charge on any atom is -0.384 e. The number of carbonyl (C=O) groups excluding carboxylic acids is 1. The Morgan fingerprint density at radius 3 is 2.82 bits per heavy atom. The van der Waals surface area contributed by atoms with Crippen molar-refractivity contribution in [2.45, 2.75) is 12.5 Å². The molecular weight excluding hydrogens is 280 g/mol. The van der Waals surface area contributed by atoms with Crippen LogP contribution in [0.3, 0.4) is 0 Å². The highest BCUT2D eigenvalue weighted by molar-refractivity contribution is 5.76. The summed E-state index contributed by atoms with van der Waals surface area (Å²) in [7, 11) is 1.71. The minimum absolute atomic E-state index is 0.0985. The van der Waals surface area contributed by atoms with Gasteiger partial charge >= 0.3 is 0 Å². The van der Waals surface area contributed by atoms with E-state index in [0.29, 0.717) is 18.4 Å². The molecule has 0 unspecified atom stereocenters. The van der Waals surface area contributed by atoms with Crippen LogP contribution in [0, 0.1) is 5.92 Å². The Bertz CT molecular complexity index is 600. The number of aromatic nitrogens is 3. The average Bonchev–Trinajstić information content (AvgIpc) is 3.18. The first-order chi connectivity index (χ1) is 10.8. The first kappa shape index (κ1) is 14.7. The Hall–Kier alpha value is -2.21. The van der Waals surface area contributed by atoms with E-state index in [0.717, 1.165) is 13.1 Å². The van der Waals surface area contributed by atoms with Crippen LogP contribution in [0.25, 0.3) is 0 Å². The van der Waals surface area contributed by atoms with Gasteiger partial charge < -0.3 is 9.64 Å². The Kier molecular flexibility index (Phi) is 4.48. The fraction of sp³-hybridized carbons (Fsp3) is 0.438. The zero-order chi connectivity index (χ0) is 15.4. The number of nitrogens with zero attached hydrogens (tertiary/aromatic N) is 4. The van der Waals surface area contributed by atoms with Crippen LogP contribution in [0.5, 0.6) is 0 Å². The van der Waals surface area contributed by atoms with E-state index in [1.54, 1.807) is 36.6 Å². The Morgan fingerprint density at radius 1 is 1.32 bits per heavy atom. The molecule has 2 aromatic rings. The molecule has 0 aromatic carbocycles. The lowest BCUT2D eigenvalue weighted by Crippen LogP contribution is -2.32. The molecule has 1 aliphatic rings. The van der Waals surface area contributed by atoms with E-state index in [1.807, 2.05) is 23.1 Å². The first-order valence-electron chi connectivity index (χ1n) is 7.42. The third-order valence-corrected chi connectivity index (χ3v) is 4.17. The van der Waals surface area contributed by atoms with Crippen molar-refractivity contribution >= 4 is 5.91 Å². The number of pyridine rings is 1. The maximum absolute atomic E-state index is 12.5. The van der Waals surface area contributed by atoms with Crippen molar-refractivity contribution in [3.8, 4) is 0 Å². The van der Waals surface area contributed by atoms with Gasteiger partial charge in [-0.2, -0.15) is 5.10 Å². The van der Waals surface area contributed by atoms with E-state index in [9.17, 15) is 4.79 Å². The Labute approximate surface area is 129 Å². The van der Waals surface area contributed by atoms with Gasteiger partial charge in [0.15, 0.2) is 0 Å². The van der Waals surface area contributed by atoms with Gasteiger partial charge in [0, 0.05) is 56.8 Å². The van der Waals surface area contributed by atoms with Crippen LogP contribution in [-0.2, 0) is 16.1 Å². The second kappa shape index (κ2) is 6.70. The van der Waals surface area contributed by atoms with Crippen molar-refractivity contribution in [3.05, 3.63) is 48.5 Å². The lowest BCUT2D eigenvalue weighted by atomic mass is 9.90. The third-order valence-electron chi connectivity index (χ3n) is 4.17. The minimum atomic E-state index is 0.0985. The summed E-state index contributed by atoms with van der Waals surface area (Å²) in [6.45, 7) is 2.38. The molecule has 1 amide bonds. The van der Waals surface area contributed by atoms with Crippen molar-refractivity contribution < 1.29 is 9.53 Å². The van der Waals surface area contributed by atoms with Crippen molar-refractivity contribution in [3.63, 3.8) is 0 Å². The SMILES string of the molecule is COC[C@@H]1CN(C(=O)Cn2cccn2)C[C@H]1c1ccncc1. The van der Waals surface area contributed by atoms with Crippen LogP contribution in [-0.4, -0.2) is 52.4 Å². The van der Waals surface area contributed by atoms with Crippen LogP contribution in [0.1, 0.15) is 11.5 Å². The van der Waals surface area contributed by atoms with Gasteiger partial charge in [-0.05, 0) is 23.8 Å². The van der Waals surface area contributed by atoms with Crippen LogP contribution in [0.4, 0.5) is 0 Å². The third kappa shape index (κ3) is 3.17. The smallest absolute Gasteiger partial charge is 0.244 e. The largest absolute Gasteiger partial charge is 0.384 e. The summed E-state index contributed by atoms with van der Waals surface area (Å²) in [6, 6.07) is 5.87. The number of carbonyl (C=O) groups is 1. The van der Waals surface area contributed by atoms with E-state index in [1.165, 1.54) is 5.56 Å². The van der Waals surface area contributed by atoms with Gasteiger partial charge in [-0.3, -0.25) is 14.5 Å². The summed E-state index contributed by atoms with van der Waals surface area (Å²) in [5.74, 6) is 0.708. The molecule has 0 aliphatic carbocycles. The predicted octanol–water partition coefficient (Wildman–Crippen LogP) is 1.17. The maximum Gasteiger partial charge on any atom is 0.244 e. The molecular formula is C16H20N4O2. The molecule has 2 atom stereocenters. The van der Waals surface area contributed by atoms with Crippen LogP contribution < -0.4 is 0 Å². The lowest BCUT2D eigenvalue weighted by molar-refractivity contribution is -0.131. The van der Waals surface area contributed by atoms with Gasteiger partial charge in [0.2, 0.25) is 5.91 Å². The molecule has 22 heavy (non-hydrogen) atoms. The fourth-order valence-electron chi connectivity index (χ4n) is 3.08. The maximum atomic E-state index is 12.5. The first-order valence-corrected chi connectivity index (χ1v) is 7.42. The molecule has 0 bridgehead atoms. The number of likely N-dealkylation sites (tertiary alicyclic amines) is 1. The summed E-state index contributed by atoms with van der Waals surface area (Å²) >= 11 is 0.